The van der Waals surface area contributed by atoms with Gasteiger partial charge in [-0.25, -0.2) is 4.39 Å². The molecule has 0 fully saturated rings. The second kappa shape index (κ2) is 5.69. The summed E-state index contributed by atoms with van der Waals surface area (Å²) in [6.45, 7) is 2.92. The number of nitrogens with one attached hydrogen (secondary N) is 1. The predicted molar refractivity (Wildman–Crippen MR) is 83.1 cm³/mol. The third-order valence-corrected chi connectivity index (χ3v) is 4.32. The number of hydrogen-bond acceptors (Lipinski definition) is 2. The lowest BCUT2D eigenvalue weighted by Crippen LogP contribution is -2.25. The number of carbonyl (C=O) groups excluding carboxylic acids is 1. The van der Waals surface area contributed by atoms with Gasteiger partial charge < -0.3 is 9.88 Å². The minimum Gasteiger partial charge on any atom is -0.347 e. The Morgan fingerprint density at radius 3 is 2.90 bits per heavy atom. The fraction of sp³-hybridized carbons (Fsp3) is 0.188. The van der Waals surface area contributed by atoms with E-state index in [1.54, 1.807) is 29.5 Å². The molecule has 3 aromatic rings. The summed E-state index contributed by atoms with van der Waals surface area (Å²) in [4.78, 5) is 12.3. The van der Waals surface area contributed by atoms with E-state index in [2.05, 4.69) is 5.32 Å². The molecule has 0 saturated carbocycles. The van der Waals surface area contributed by atoms with Crippen LogP contribution in [0.5, 0.6) is 0 Å². The van der Waals surface area contributed by atoms with Crippen LogP contribution in [0.25, 0.3) is 10.2 Å². The largest absolute Gasteiger partial charge is 0.347 e. The maximum atomic E-state index is 13.6. The van der Waals surface area contributed by atoms with Crippen LogP contribution in [0.1, 0.15) is 23.0 Å². The molecule has 0 atom stereocenters. The number of fused-ring (bicyclic) bond motifs is 1. The Bertz CT molecular complexity index is 791. The van der Waals surface area contributed by atoms with Crippen LogP contribution in [0.3, 0.4) is 0 Å². The van der Waals surface area contributed by atoms with Crippen LogP contribution in [0.2, 0.25) is 0 Å². The van der Waals surface area contributed by atoms with E-state index in [4.69, 9.17) is 0 Å². The van der Waals surface area contributed by atoms with Gasteiger partial charge in [-0.2, -0.15) is 0 Å². The Balaban J connectivity index is 1.81. The topological polar surface area (TPSA) is 34.0 Å². The minimum absolute atomic E-state index is 0.177. The summed E-state index contributed by atoms with van der Waals surface area (Å²) in [6, 6.07) is 10.4. The summed E-state index contributed by atoms with van der Waals surface area (Å²) in [7, 11) is 0. The van der Waals surface area contributed by atoms with Gasteiger partial charge >= 0.3 is 0 Å². The molecule has 0 spiro atoms. The van der Waals surface area contributed by atoms with E-state index in [1.807, 2.05) is 29.0 Å². The fourth-order valence-corrected chi connectivity index (χ4v) is 3.24. The van der Waals surface area contributed by atoms with Crippen LogP contribution in [0.15, 0.2) is 41.8 Å². The molecule has 1 N–H and O–H groups in total. The first kappa shape index (κ1) is 13.8. The summed E-state index contributed by atoms with van der Waals surface area (Å²) in [5, 5.41) is 4.80. The van der Waals surface area contributed by atoms with Crippen molar-refractivity contribution in [2.24, 2.45) is 0 Å². The van der Waals surface area contributed by atoms with E-state index < -0.39 is 0 Å². The van der Waals surface area contributed by atoms with Gasteiger partial charge in [-0.3, -0.25) is 4.79 Å². The molecule has 0 bridgehead atoms. The first-order valence-electron chi connectivity index (χ1n) is 6.79. The third-order valence-electron chi connectivity index (χ3n) is 3.47. The number of halogens is 1. The minimum atomic E-state index is -0.301. The van der Waals surface area contributed by atoms with E-state index in [1.165, 1.54) is 6.07 Å². The average molecular weight is 302 g/mol. The summed E-state index contributed by atoms with van der Waals surface area (Å²) in [5.41, 5.74) is 2.18. The highest BCUT2D eigenvalue weighted by molar-refractivity contribution is 7.17. The van der Waals surface area contributed by atoms with Gasteiger partial charge in [0.1, 0.15) is 11.5 Å². The molecule has 0 aliphatic heterocycles. The van der Waals surface area contributed by atoms with Crippen molar-refractivity contribution in [3.8, 4) is 0 Å². The van der Waals surface area contributed by atoms with E-state index in [0.717, 1.165) is 16.8 Å². The number of nitrogens with zero attached hydrogens (tertiary/aromatic N) is 1. The van der Waals surface area contributed by atoms with Gasteiger partial charge in [-0.05, 0) is 30.5 Å². The molecular weight excluding hydrogens is 287 g/mol. The molecular formula is C16H15FN2OS. The maximum Gasteiger partial charge on any atom is 0.268 e. The van der Waals surface area contributed by atoms with E-state index in [0.29, 0.717) is 11.3 Å². The van der Waals surface area contributed by atoms with Crippen LogP contribution >= 0.6 is 11.3 Å². The Morgan fingerprint density at radius 1 is 1.33 bits per heavy atom. The van der Waals surface area contributed by atoms with Crippen molar-refractivity contribution in [2.75, 3.05) is 0 Å². The lowest BCUT2D eigenvalue weighted by Gasteiger charge is -2.09. The molecule has 2 heterocycles. The molecule has 3 rings (SSSR count). The Labute approximate surface area is 126 Å². The van der Waals surface area contributed by atoms with Crippen molar-refractivity contribution >= 4 is 27.5 Å². The van der Waals surface area contributed by atoms with Gasteiger partial charge in [0.2, 0.25) is 0 Å². The van der Waals surface area contributed by atoms with Crippen molar-refractivity contribution in [1.29, 1.82) is 0 Å². The van der Waals surface area contributed by atoms with Crippen molar-refractivity contribution in [3.05, 3.63) is 58.9 Å². The predicted octanol–water partition coefficient (Wildman–Crippen LogP) is 3.79. The standard InChI is InChI=1S/C16H15FN2OS/c1-2-19-13-7-8-21-15(13)9-14(19)16(20)18-10-11-5-3-4-6-12(11)17/h3-9H,2,10H2,1H3,(H,18,20). The van der Waals surface area contributed by atoms with Gasteiger partial charge in [0.15, 0.2) is 0 Å². The third kappa shape index (κ3) is 2.56. The zero-order chi connectivity index (χ0) is 14.8. The lowest BCUT2D eigenvalue weighted by atomic mass is 10.2. The normalized spacial score (nSPS) is 11.0. The van der Waals surface area contributed by atoms with Gasteiger partial charge in [0.25, 0.3) is 5.91 Å². The number of aromatic nitrogens is 1. The summed E-state index contributed by atoms with van der Waals surface area (Å²) < 4.78 is 16.6. The highest BCUT2D eigenvalue weighted by Gasteiger charge is 2.15. The van der Waals surface area contributed by atoms with Crippen molar-refractivity contribution in [3.63, 3.8) is 0 Å². The number of benzene rings is 1. The molecule has 21 heavy (non-hydrogen) atoms. The monoisotopic (exact) mass is 302 g/mol. The maximum absolute atomic E-state index is 13.6. The number of amides is 1. The van der Waals surface area contributed by atoms with Gasteiger partial charge in [-0.15, -0.1) is 11.3 Å². The second-order valence-corrected chi connectivity index (χ2v) is 5.67. The smallest absolute Gasteiger partial charge is 0.268 e. The van der Waals surface area contributed by atoms with E-state index >= 15 is 0 Å². The number of carbonyl (C=O) groups is 1. The van der Waals surface area contributed by atoms with Gasteiger partial charge in [0, 0.05) is 18.7 Å². The number of thiophene rings is 1. The number of aryl methyl sites for hydroxylation is 1. The second-order valence-electron chi connectivity index (χ2n) is 4.72. The highest BCUT2D eigenvalue weighted by Crippen LogP contribution is 2.25. The van der Waals surface area contributed by atoms with E-state index in [-0.39, 0.29) is 18.3 Å². The molecule has 1 aromatic carbocycles. The molecule has 3 nitrogen and oxygen atoms in total. The zero-order valence-corrected chi connectivity index (χ0v) is 12.4. The molecule has 108 valence electrons. The number of rotatable bonds is 4. The van der Waals surface area contributed by atoms with Crippen LogP contribution in [-0.4, -0.2) is 10.5 Å². The molecule has 0 aliphatic carbocycles. The van der Waals surface area contributed by atoms with Crippen LogP contribution in [-0.2, 0) is 13.1 Å². The molecule has 1 amide bonds. The Kier molecular flexibility index (Phi) is 3.75. The Morgan fingerprint density at radius 2 is 2.14 bits per heavy atom. The van der Waals surface area contributed by atoms with E-state index in [9.17, 15) is 9.18 Å². The first-order valence-corrected chi connectivity index (χ1v) is 7.67. The quantitative estimate of drug-likeness (QED) is 0.781. The average Bonchev–Trinajstić information content (AvgIpc) is 3.06. The fourth-order valence-electron chi connectivity index (χ4n) is 2.41. The summed E-state index contributed by atoms with van der Waals surface area (Å²) in [6.07, 6.45) is 0. The zero-order valence-electron chi connectivity index (χ0n) is 11.6. The summed E-state index contributed by atoms with van der Waals surface area (Å²) in [5.74, 6) is -0.479. The van der Waals surface area contributed by atoms with Crippen LogP contribution < -0.4 is 5.32 Å². The highest BCUT2D eigenvalue weighted by atomic mass is 32.1. The Hall–Kier alpha value is -2.14. The molecule has 5 heteroatoms. The molecule has 0 radical (unpaired) electrons. The van der Waals surface area contributed by atoms with Gasteiger partial charge in [-0.1, -0.05) is 18.2 Å². The molecule has 0 saturated heterocycles. The first-order chi connectivity index (χ1) is 10.2. The van der Waals surface area contributed by atoms with Crippen LogP contribution in [0.4, 0.5) is 4.39 Å². The van der Waals surface area contributed by atoms with Crippen molar-refractivity contribution in [1.82, 2.24) is 9.88 Å². The molecule has 0 unspecified atom stereocenters. The van der Waals surface area contributed by atoms with Crippen molar-refractivity contribution < 1.29 is 9.18 Å². The molecule has 0 aliphatic rings. The summed E-state index contributed by atoms with van der Waals surface area (Å²) >= 11 is 1.61. The molecule has 2 aromatic heterocycles. The van der Waals surface area contributed by atoms with Crippen LogP contribution in [0, 0.1) is 5.82 Å². The number of hydrogen-bond donors (Lipinski definition) is 1. The SMILES string of the molecule is CCn1c(C(=O)NCc2ccccc2F)cc2sccc21. The van der Waals surface area contributed by atoms with Crippen molar-refractivity contribution in [2.45, 2.75) is 20.0 Å². The van der Waals surface area contributed by atoms with Gasteiger partial charge in [0.05, 0.1) is 10.2 Å². The lowest BCUT2D eigenvalue weighted by molar-refractivity contribution is 0.0942.